The average molecular weight is 207 g/mol. The molecule has 0 radical (unpaired) electrons. The number of aryl methyl sites for hydroxylation is 1. The zero-order chi connectivity index (χ0) is 10.8. The van der Waals surface area contributed by atoms with Gasteiger partial charge in [-0.25, -0.2) is 4.98 Å². The average Bonchev–Trinajstić information content (AvgIpc) is 2.75. The number of aliphatic hydroxyl groups excluding tert-OH is 1. The number of nitrogens with zero attached hydrogens (tertiary/aromatic N) is 3. The first-order valence-electron chi connectivity index (χ1n) is 4.78. The van der Waals surface area contributed by atoms with E-state index in [0.717, 1.165) is 11.5 Å². The molecule has 0 fully saturated rings. The first-order chi connectivity index (χ1) is 7.16. The van der Waals surface area contributed by atoms with Gasteiger partial charge in [-0.15, -0.1) is 0 Å². The van der Waals surface area contributed by atoms with Gasteiger partial charge in [-0.3, -0.25) is 0 Å². The summed E-state index contributed by atoms with van der Waals surface area (Å²) in [6, 6.07) is 1.87. The Balaban J connectivity index is 2.20. The highest BCUT2D eigenvalue weighted by molar-refractivity contribution is 5.06. The summed E-state index contributed by atoms with van der Waals surface area (Å²) in [4.78, 5) is 4.07. The lowest BCUT2D eigenvalue weighted by Gasteiger charge is -2.07. The van der Waals surface area contributed by atoms with Crippen LogP contribution in [0.2, 0.25) is 0 Å². The van der Waals surface area contributed by atoms with E-state index >= 15 is 0 Å². The summed E-state index contributed by atoms with van der Waals surface area (Å²) in [5.74, 6) is 1.42. The van der Waals surface area contributed by atoms with Crippen molar-refractivity contribution in [2.75, 3.05) is 0 Å². The summed E-state index contributed by atoms with van der Waals surface area (Å²) >= 11 is 0. The molecule has 0 aliphatic carbocycles. The van der Waals surface area contributed by atoms with Crippen LogP contribution in [0.25, 0.3) is 0 Å². The van der Waals surface area contributed by atoms with E-state index < -0.39 is 6.10 Å². The zero-order valence-corrected chi connectivity index (χ0v) is 8.71. The Bertz CT molecular complexity index is 445. The van der Waals surface area contributed by atoms with Crippen LogP contribution in [0.4, 0.5) is 0 Å². The maximum atomic E-state index is 9.45. The fourth-order valence-corrected chi connectivity index (χ4v) is 1.49. The first-order valence-corrected chi connectivity index (χ1v) is 4.78. The first kappa shape index (κ1) is 9.92. The van der Waals surface area contributed by atoms with Gasteiger partial charge in [-0.05, 0) is 13.8 Å². The highest BCUT2D eigenvalue weighted by Crippen LogP contribution is 2.12. The van der Waals surface area contributed by atoms with E-state index in [4.69, 9.17) is 4.52 Å². The molecule has 0 aliphatic rings. The van der Waals surface area contributed by atoms with Gasteiger partial charge in [0.15, 0.2) is 0 Å². The molecule has 0 spiro atoms. The van der Waals surface area contributed by atoms with Crippen LogP contribution in [0.15, 0.2) is 23.0 Å². The third-order valence-corrected chi connectivity index (χ3v) is 2.13. The molecule has 15 heavy (non-hydrogen) atoms. The van der Waals surface area contributed by atoms with E-state index in [-0.39, 0.29) is 0 Å². The van der Waals surface area contributed by atoms with Crippen molar-refractivity contribution in [2.24, 2.45) is 0 Å². The summed E-state index contributed by atoms with van der Waals surface area (Å²) in [6.07, 6.45) is 2.90. The third-order valence-electron chi connectivity index (χ3n) is 2.13. The van der Waals surface area contributed by atoms with Gasteiger partial charge < -0.3 is 14.2 Å². The molecule has 0 saturated carbocycles. The SMILES string of the molecule is Cc1cc(Cn2ccnc2[C@H](C)O)no1. The number of imidazole rings is 1. The predicted molar refractivity (Wildman–Crippen MR) is 53.2 cm³/mol. The van der Waals surface area contributed by atoms with E-state index in [2.05, 4.69) is 10.1 Å². The van der Waals surface area contributed by atoms with Crippen LogP contribution in [0.1, 0.15) is 30.3 Å². The summed E-state index contributed by atoms with van der Waals surface area (Å²) in [7, 11) is 0. The minimum absolute atomic E-state index is 0.567. The second-order valence-corrected chi connectivity index (χ2v) is 3.52. The van der Waals surface area contributed by atoms with Crippen molar-refractivity contribution in [2.45, 2.75) is 26.5 Å². The molecule has 80 valence electrons. The standard InChI is InChI=1S/C10H13N3O2/c1-7-5-9(12-15-7)6-13-4-3-11-10(13)8(2)14/h3-5,8,14H,6H2,1-2H3/t8-/m0/s1. The van der Waals surface area contributed by atoms with Gasteiger partial charge in [0, 0.05) is 18.5 Å². The molecule has 5 nitrogen and oxygen atoms in total. The van der Waals surface area contributed by atoms with Crippen molar-refractivity contribution >= 4 is 0 Å². The Morgan fingerprint density at radius 1 is 1.60 bits per heavy atom. The second kappa shape index (κ2) is 3.86. The smallest absolute Gasteiger partial charge is 0.137 e. The minimum atomic E-state index is -0.576. The Labute approximate surface area is 87.3 Å². The lowest BCUT2D eigenvalue weighted by Crippen LogP contribution is -2.07. The normalized spacial score (nSPS) is 13.0. The number of hydrogen-bond acceptors (Lipinski definition) is 4. The molecule has 0 bridgehead atoms. The summed E-state index contributed by atoms with van der Waals surface area (Å²) in [5.41, 5.74) is 0.826. The molecule has 5 heteroatoms. The highest BCUT2D eigenvalue weighted by Gasteiger charge is 2.10. The lowest BCUT2D eigenvalue weighted by atomic mass is 10.3. The van der Waals surface area contributed by atoms with Crippen LogP contribution in [0.3, 0.4) is 0 Å². The summed E-state index contributed by atoms with van der Waals surface area (Å²) in [5, 5.41) is 13.3. The number of hydrogen-bond donors (Lipinski definition) is 1. The van der Waals surface area contributed by atoms with E-state index in [0.29, 0.717) is 12.4 Å². The molecule has 2 heterocycles. The van der Waals surface area contributed by atoms with Crippen LogP contribution in [0.5, 0.6) is 0 Å². The summed E-state index contributed by atoms with van der Waals surface area (Å²) < 4.78 is 6.82. The van der Waals surface area contributed by atoms with Crippen molar-refractivity contribution < 1.29 is 9.63 Å². The lowest BCUT2D eigenvalue weighted by molar-refractivity contribution is 0.184. The van der Waals surface area contributed by atoms with Gasteiger partial charge in [0.05, 0.1) is 6.54 Å². The van der Waals surface area contributed by atoms with E-state index in [1.165, 1.54) is 0 Å². The van der Waals surface area contributed by atoms with Crippen molar-refractivity contribution in [1.82, 2.24) is 14.7 Å². The predicted octanol–water partition coefficient (Wildman–Crippen LogP) is 1.28. The molecule has 0 aliphatic heterocycles. The number of aliphatic hydroxyl groups is 1. The van der Waals surface area contributed by atoms with Crippen LogP contribution in [-0.4, -0.2) is 19.8 Å². The minimum Gasteiger partial charge on any atom is -0.385 e. The molecular weight excluding hydrogens is 194 g/mol. The second-order valence-electron chi connectivity index (χ2n) is 3.52. The van der Waals surface area contributed by atoms with E-state index in [1.807, 2.05) is 23.8 Å². The van der Waals surface area contributed by atoms with Gasteiger partial charge >= 0.3 is 0 Å². The molecule has 1 atom stereocenters. The highest BCUT2D eigenvalue weighted by atomic mass is 16.5. The van der Waals surface area contributed by atoms with Crippen molar-refractivity contribution in [3.05, 3.63) is 35.7 Å². The quantitative estimate of drug-likeness (QED) is 0.823. The topological polar surface area (TPSA) is 64.1 Å². The molecule has 0 amide bonds. The van der Waals surface area contributed by atoms with Crippen LogP contribution in [0, 0.1) is 6.92 Å². The van der Waals surface area contributed by atoms with Gasteiger partial charge in [0.1, 0.15) is 23.4 Å². The fourth-order valence-electron chi connectivity index (χ4n) is 1.49. The molecule has 0 saturated heterocycles. The molecule has 2 rings (SSSR count). The number of aromatic nitrogens is 3. The van der Waals surface area contributed by atoms with Crippen molar-refractivity contribution in [1.29, 1.82) is 0 Å². The monoisotopic (exact) mass is 207 g/mol. The van der Waals surface area contributed by atoms with Crippen molar-refractivity contribution in [3.63, 3.8) is 0 Å². The fraction of sp³-hybridized carbons (Fsp3) is 0.400. The van der Waals surface area contributed by atoms with E-state index in [1.54, 1.807) is 13.1 Å². The van der Waals surface area contributed by atoms with E-state index in [9.17, 15) is 5.11 Å². The molecule has 1 N–H and O–H groups in total. The Hall–Kier alpha value is -1.62. The zero-order valence-electron chi connectivity index (χ0n) is 8.71. The Morgan fingerprint density at radius 3 is 3.00 bits per heavy atom. The maximum Gasteiger partial charge on any atom is 0.137 e. The van der Waals surface area contributed by atoms with Crippen molar-refractivity contribution in [3.8, 4) is 0 Å². The molecule has 2 aromatic rings. The molecule has 0 aromatic carbocycles. The van der Waals surface area contributed by atoms with Gasteiger partial charge in [-0.1, -0.05) is 5.16 Å². The molecule has 2 aromatic heterocycles. The van der Waals surface area contributed by atoms with Gasteiger partial charge in [-0.2, -0.15) is 0 Å². The van der Waals surface area contributed by atoms with Gasteiger partial charge in [0.2, 0.25) is 0 Å². The largest absolute Gasteiger partial charge is 0.385 e. The Kier molecular flexibility index (Phi) is 2.55. The number of rotatable bonds is 3. The third kappa shape index (κ3) is 2.07. The van der Waals surface area contributed by atoms with Crippen LogP contribution in [-0.2, 0) is 6.54 Å². The van der Waals surface area contributed by atoms with Crippen LogP contribution < -0.4 is 0 Å². The molecule has 0 unspecified atom stereocenters. The van der Waals surface area contributed by atoms with Gasteiger partial charge in [0.25, 0.3) is 0 Å². The Morgan fingerprint density at radius 2 is 2.40 bits per heavy atom. The van der Waals surface area contributed by atoms with Crippen LogP contribution >= 0.6 is 0 Å². The molecular formula is C10H13N3O2. The summed E-state index contributed by atoms with van der Waals surface area (Å²) in [6.45, 7) is 4.10. The maximum absolute atomic E-state index is 9.45.